The van der Waals surface area contributed by atoms with Gasteiger partial charge in [0.25, 0.3) is 0 Å². The first-order valence-electron chi connectivity index (χ1n) is 8.44. The third kappa shape index (κ3) is 5.53. The first kappa shape index (κ1) is 20.5. The van der Waals surface area contributed by atoms with Crippen LogP contribution in [0.3, 0.4) is 0 Å². The number of hydrogen-bond acceptors (Lipinski definition) is 3. The predicted molar refractivity (Wildman–Crippen MR) is 102 cm³/mol. The molecule has 0 saturated heterocycles. The molecule has 0 fully saturated rings. The van der Waals surface area contributed by atoms with Crippen LogP contribution < -0.4 is 5.73 Å². The number of nitrogens with two attached hydrogens (primary N) is 1. The number of ether oxygens (including phenoxy) is 1. The van der Waals surface area contributed by atoms with E-state index in [0.29, 0.717) is 10.9 Å². The van der Waals surface area contributed by atoms with Gasteiger partial charge in [0, 0.05) is 36.5 Å². The van der Waals surface area contributed by atoms with Crippen LogP contribution >= 0.6 is 11.6 Å². The van der Waals surface area contributed by atoms with E-state index in [1.54, 1.807) is 13.2 Å². The van der Waals surface area contributed by atoms with Gasteiger partial charge in [-0.3, -0.25) is 4.79 Å². The van der Waals surface area contributed by atoms with E-state index in [0.717, 1.165) is 43.7 Å². The van der Waals surface area contributed by atoms with Crippen molar-refractivity contribution in [2.75, 3.05) is 26.0 Å². The Morgan fingerprint density at radius 3 is 2.67 bits per heavy atom. The van der Waals surface area contributed by atoms with Crippen LogP contribution in [0.4, 0.5) is 5.69 Å². The molecule has 2 rings (SSSR count). The highest BCUT2D eigenvalue weighted by molar-refractivity contribution is 6.30. The molecule has 0 saturated carbocycles. The average molecular weight is 353 g/mol. The number of nitrogens with zero attached hydrogens (tertiary/aromatic N) is 1. The van der Waals surface area contributed by atoms with Gasteiger partial charge in [-0.2, -0.15) is 0 Å². The molecule has 1 aromatic carbocycles. The van der Waals surface area contributed by atoms with Crippen molar-refractivity contribution in [1.82, 2.24) is 4.90 Å². The second-order valence-corrected chi connectivity index (χ2v) is 6.41. The Hall–Kier alpha value is -1.52. The fourth-order valence-corrected chi connectivity index (χ4v) is 2.84. The first-order chi connectivity index (χ1) is 11.5. The summed E-state index contributed by atoms with van der Waals surface area (Å²) in [6.45, 7) is 7.82. The number of halogens is 1. The van der Waals surface area contributed by atoms with Crippen molar-refractivity contribution in [3.63, 3.8) is 0 Å². The molecule has 5 heteroatoms. The lowest BCUT2D eigenvalue weighted by Gasteiger charge is -2.35. The Balaban J connectivity index is 0.000000648. The average Bonchev–Trinajstić information content (AvgIpc) is 2.62. The zero-order valence-electron chi connectivity index (χ0n) is 15.1. The molecule has 4 nitrogen and oxygen atoms in total. The lowest BCUT2D eigenvalue weighted by molar-refractivity contribution is -0.120. The summed E-state index contributed by atoms with van der Waals surface area (Å²) in [7, 11) is 1.68. The second-order valence-electron chi connectivity index (χ2n) is 5.97. The Bertz CT molecular complexity index is 558. The highest BCUT2D eigenvalue weighted by Crippen LogP contribution is 2.32. The highest BCUT2D eigenvalue weighted by atomic mass is 35.5. The number of amides is 1. The van der Waals surface area contributed by atoms with Crippen molar-refractivity contribution in [2.24, 2.45) is 5.92 Å². The topological polar surface area (TPSA) is 55.6 Å². The molecule has 1 heterocycles. The fourth-order valence-electron chi connectivity index (χ4n) is 2.67. The molecule has 0 aromatic heterocycles. The Labute approximate surface area is 150 Å². The van der Waals surface area contributed by atoms with Gasteiger partial charge in [0.15, 0.2) is 0 Å². The van der Waals surface area contributed by atoms with Crippen molar-refractivity contribution in [2.45, 2.75) is 39.7 Å². The standard InChI is InChI=1S/C16H21ClN2O.C3H8O/c1-3-11(2)16-8-12(6-7-19(16)10-20)14-9-13(17)4-5-15(14)18;1-3-4-2/h4-5,8-11,16H,3,6-7,18H2,1-2H3;3H2,1-2H3. The van der Waals surface area contributed by atoms with Gasteiger partial charge in [-0.05, 0) is 43.0 Å². The maximum Gasteiger partial charge on any atom is 0.210 e. The summed E-state index contributed by atoms with van der Waals surface area (Å²) in [6, 6.07) is 5.68. The minimum atomic E-state index is 0.139. The molecule has 0 spiro atoms. The number of benzene rings is 1. The molecule has 2 N–H and O–H groups in total. The van der Waals surface area contributed by atoms with Crippen LogP contribution in [-0.2, 0) is 9.53 Å². The Morgan fingerprint density at radius 1 is 1.46 bits per heavy atom. The molecule has 2 unspecified atom stereocenters. The van der Waals surface area contributed by atoms with Gasteiger partial charge in [-0.1, -0.05) is 37.9 Å². The second kappa shape index (κ2) is 10.4. The van der Waals surface area contributed by atoms with Gasteiger partial charge in [-0.25, -0.2) is 0 Å². The van der Waals surface area contributed by atoms with Crippen LogP contribution in [0.15, 0.2) is 24.3 Å². The first-order valence-corrected chi connectivity index (χ1v) is 8.82. The fraction of sp³-hybridized carbons (Fsp3) is 0.526. The maximum absolute atomic E-state index is 11.2. The highest BCUT2D eigenvalue weighted by Gasteiger charge is 2.25. The van der Waals surface area contributed by atoms with Crippen molar-refractivity contribution >= 4 is 29.3 Å². The largest absolute Gasteiger partial charge is 0.398 e. The van der Waals surface area contributed by atoms with E-state index in [4.69, 9.17) is 17.3 Å². The minimum Gasteiger partial charge on any atom is -0.398 e. The minimum absolute atomic E-state index is 0.139. The number of carbonyl (C=O) groups is 1. The number of nitrogen functional groups attached to an aromatic ring is 1. The molecular weight excluding hydrogens is 324 g/mol. The normalized spacial score (nSPS) is 18.3. The van der Waals surface area contributed by atoms with Gasteiger partial charge < -0.3 is 15.4 Å². The number of methoxy groups -OCH3 is 1. The quantitative estimate of drug-likeness (QED) is 0.637. The van der Waals surface area contributed by atoms with Gasteiger partial charge >= 0.3 is 0 Å². The monoisotopic (exact) mass is 352 g/mol. The number of carbonyl (C=O) groups excluding carboxylic acids is 1. The van der Waals surface area contributed by atoms with Crippen LogP contribution in [0.1, 0.15) is 39.2 Å². The van der Waals surface area contributed by atoms with Crippen LogP contribution in [0.25, 0.3) is 5.57 Å². The van der Waals surface area contributed by atoms with Crippen LogP contribution in [0.2, 0.25) is 5.02 Å². The van der Waals surface area contributed by atoms with E-state index in [2.05, 4.69) is 24.7 Å². The lowest BCUT2D eigenvalue weighted by Crippen LogP contribution is -2.40. The molecule has 0 aliphatic carbocycles. The summed E-state index contributed by atoms with van der Waals surface area (Å²) in [4.78, 5) is 13.1. The molecule has 1 aliphatic heterocycles. The lowest BCUT2D eigenvalue weighted by atomic mass is 9.88. The van der Waals surface area contributed by atoms with E-state index in [1.807, 2.05) is 24.0 Å². The maximum atomic E-state index is 11.2. The molecule has 1 aromatic rings. The number of anilines is 1. The summed E-state index contributed by atoms with van der Waals surface area (Å²) in [5, 5.41) is 0.688. The molecule has 0 bridgehead atoms. The van der Waals surface area contributed by atoms with Crippen molar-refractivity contribution in [3.05, 3.63) is 34.9 Å². The van der Waals surface area contributed by atoms with Gasteiger partial charge in [0.05, 0.1) is 6.04 Å². The van der Waals surface area contributed by atoms with Crippen LogP contribution in [0.5, 0.6) is 0 Å². The van der Waals surface area contributed by atoms with E-state index >= 15 is 0 Å². The van der Waals surface area contributed by atoms with Crippen molar-refractivity contribution in [3.8, 4) is 0 Å². The smallest absolute Gasteiger partial charge is 0.210 e. The summed E-state index contributed by atoms with van der Waals surface area (Å²) in [5.74, 6) is 0.427. The third-order valence-electron chi connectivity index (χ3n) is 4.41. The van der Waals surface area contributed by atoms with Crippen LogP contribution in [0, 0.1) is 5.92 Å². The molecule has 2 atom stereocenters. The molecule has 24 heavy (non-hydrogen) atoms. The molecule has 0 radical (unpaired) electrons. The molecule has 134 valence electrons. The number of hydrogen-bond donors (Lipinski definition) is 1. The Morgan fingerprint density at radius 2 is 2.12 bits per heavy atom. The van der Waals surface area contributed by atoms with E-state index in [1.165, 1.54) is 5.57 Å². The SMILES string of the molecule is CCC(C)C1C=C(c2cc(Cl)ccc2N)CCN1C=O.CCOC. The van der Waals surface area contributed by atoms with Gasteiger partial charge in [0.2, 0.25) is 6.41 Å². The summed E-state index contributed by atoms with van der Waals surface area (Å²) in [5.41, 5.74) is 8.98. The molecular formula is C19H29ClN2O2. The van der Waals surface area contributed by atoms with Crippen molar-refractivity contribution in [1.29, 1.82) is 0 Å². The van der Waals surface area contributed by atoms with Crippen molar-refractivity contribution < 1.29 is 9.53 Å². The zero-order chi connectivity index (χ0) is 18.1. The zero-order valence-corrected chi connectivity index (χ0v) is 15.8. The molecule has 1 aliphatic rings. The summed E-state index contributed by atoms with van der Waals surface area (Å²) >= 11 is 6.07. The summed E-state index contributed by atoms with van der Waals surface area (Å²) in [6.07, 6.45) is 4.97. The molecule has 1 amide bonds. The van der Waals surface area contributed by atoms with Gasteiger partial charge in [0.1, 0.15) is 0 Å². The Kier molecular flexibility index (Phi) is 8.87. The summed E-state index contributed by atoms with van der Waals surface area (Å²) < 4.78 is 4.54. The van der Waals surface area contributed by atoms with Gasteiger partial charge in [-0.15, -0.1) is 0 Å². The van der Waals surface area contributed by atoms with Crippen LogP contribution in [-0.4, -0.2) is 37.6 Å². The number of rotatable bonds is 5. The predicted octanol–water partition coefficient (Wildman–Crippen LogP) is 4.24. The van der Waals surface area contributed by atoms with E-state index < -0.39 is 0 Å². The van der Waals surface area contributed by atoms with E-state index in [9.17, 15) is 4.79 Å². The third-order valence-corrected chi connectivity index (χ3v) is 4.64. The van der Waals surface area contributed by atoms with E-state index in [-0.39, 0.29) is 6.04 Å².